The molecule has 1 atom stereocenters. The highest BCUT2D eigenvalue weighted by atomic mass is 19.1. The molecule has 2 N–H and O–H groups in total. The van der Waals surface area contributed by atoms with Crippen molar-refractivity contribution in [3.63, 3.8) is 0 Å². The Morgan fingerprint density at radius 3 is 2.64 bits per heavy atom. The molecule has 22 heavy (non-hydrogen) atoms. The number of aliphatic hydroxyl groups excluding tert-OH is 1. The molecule has 4 nitrogen and oxygen atoms in total. The minimum Gasteiger partial charge on any atom is -0.508 e. The summed E-state index contributed by atoms with van der Waals surface area (Å²) in [7, 11) is 0. The van der Waals surface area contributed by atoms with E-state index >= 15 is 0 Å². The predicted molar refractivity (Wildman–Crippen MR) is 83.7 cm³/mol. The zero-order valence-electron chi connectivity index (χ0n) is 12.4. The molecule has 1 aromatic heterocycles. The third-order valence-corrected chi connectivity index (χ3v) is 3.20. The first-order valence-electron chi connectivity index (χ1n) is 7.22. The van der Waals surface area contributed by atoms with E-state index in [-0.39, 0.29) is 11.9 Å². The average Bonchev–Trinajstić information content (AvgIpc) is 2.47. The lowest BCUT2D eigenvalue weighted by atomic mass is 10.1. The molecule has 0 bridgehead atoms. The maximum atomic E-state index is 13.7. The van der Waals surface area contributed by atoms with Gasteiger partial charge in [-0.15, -0.1) is 0 Å². The number of aromatic hydroxyl groups is 1. The lowest BCUT2D eigenvalue weighted by Gasteiger charge is -2.03. The van der Waals surface area contributed by atoms with Crippen LogP contribution in [0.3, 0.4) is 0 Å². The number of nitrogens with zero attached hydrogens (tertiary/aromatic N) is 2. The van der Waals surface area contributed by atoms with E-state index in [1.54, 1.807) is 25.4 Å². The second-order valence-electron chi connectivity index (χ2n) is 5.18. The van der Waals surface area contributed by atoms with Crippen molar-refractivity contribution < 1.29 is 14.6 Å². The monoisotopic (exact) mass is 302 g/mol. The molecule has 0 spiro atoms. The van der Waals surface area contributed by atoms with Crippen LogP contribution >= 0.6 is 0 Å². The Morgan fingerprint density at radius 1 is 1.27 bits per heavy atom. The fourth-order valence-corrected chi connectivity index (χ4v) is 2.02. The summed E-state index contributed by atoms with van der Waals surface area (Å²) < 4.78 is 13.7. The van der Waals surface area contributed by atoms with Crippen molar-refractivity contribution >= 4 is 6.08 Å². The lowest BCUT2D eigenvalue weighted by molar-refractivity contribution is 0.182. The maximum Gasteiger partial charge on any atom is 0.151 e. The molecule has 0 radical (unpaired) electrons. The van der Waals surface area contributed by atoms with Crippen molar-refractivity contribution in [3.8, 4) is 16.9 Å². The van der Waals surface area contributed by atoms with E-state index in [1.807, 2.05) is 6.08 Å². The van der Waals surface area contributed by atoms with Gasteiger partial charge in [0.25, 0.3) is 0 Å². The van der Waals surface area contributed by atoms with Gasteiger partial charge in [-0.05, 0) is 44.4 Å². The summed E-state index contributed by atoms with van der Waals surface area (Å²) in [5.41, 5.74) is 0.911. The van der Waals surface area contributed by atoms with E-state index < -0.39 is 5.82 Å². The summed E-state index contributed by atoms with van der Waals surface area (Å²) in [5, 5.41) is 18.4. The number of allylic oxidation sites excluding steroid dienone is 1. The second-order valence-corrected chi connectivity index (χ2v) is 5.18. The molecule has 1 aromatic carbocycles. The number of hydrogen-bond acceptors (Lipinski definition) is 4. The Kier molecular flexibility index (Phi) is 5.61. The number of aromatic nitrogens is 2. The zero-order valence-corrected chi connectivity index (χ0v) is 12.4. The van der Waals surface area contributed by atoms with Gasteiger partial charge >= 0.3 is 0 Å². The van der Waals surface area contributed by atoms with Crippen LogP contribution in [0.2, 0.25) is 0 Å². The van der Waals surface area contributed by atoms with Crippen LogP contribution in [0, 0.1) is 5.82 Å². The van der Waals surface area contributed by atoms with Crippen LogP contribution in [-0.2, 0) is 0 Å². The molecule has 2 rings (SSSR count). The summed E-state index contributed by atoms with van der Waals surface area (Å²) in [4.78, 5) is 8.35. The molecular formula is C17H19FN2O2. The van der Waals surface area contributed by atoms with Crippen molar-refractivity contribution in [1.29, 1.82) is 0 Å². The number of phenolic OH excluding ortho intramolecular Hbond substituents is 1. The van der Waals surface area contributed by atoms with Gasteiger partial charge < -0.3 is 10.2 Å². The molecule has 0 aliphatic rings. The lowest BCUT2D eigenvalue weighted by Crippen LogP contribution is -1.97. The Balaban J connectivity index is 1.99. The SMILES string of the molecule is CC(O)CCCC=Cc1ncc(-c2ccc(O)cc2F)cn1. The molecule has 0 aliphatic heterocycles. The van der Waals surface area contributed by atoms with E-state index in [0.29, 0.717) is 17.0 Å². The third kappa shape index (κ3) is 4.63. The highest BCUT2D eigenvalue weighted by Gasteiger charge is 2.06. The van der Waals surface area contributed by atoms with Crippen LogP contribution in [0.1, 0.15) is 32.0 Å². The predicted octanol–water partition coefficient (Wildman–Crippen LogP) is 3.55. The quantitative estimate of drug-likeness (QED) is 0.801. The normalized spacial score (nSPS) is 12.7. The van der Waals surface area contributed by atoms with Crippen LogP contribution < -0.4 is 0 Å². The molecule has 116 valence electrons. The van der Waals surface area contributed by atoms with Gasteiger partial charge in [-0.1, -0.05) is 6.08 Å². The minimum absolute atomic E-state index is 0.112. The smallest absolute Gasteiger partial charge is 0.151 e. The Hall–Kier alpha value is -2.27. The molecule has 2 aromatic rings. The fraction of sp³-hybridized carbons (Fsp3) is 0.294. The Labute approximate surface area is 129 Å². The summed E-state index contributed by atoms with van der Waals surface area (Å²) in [6, 6.07) is 3.98. The van der Waals surface area contributed by atoms with Crippen LogP contribution in [0.5, 0.6) is 5.75 Å². The first-order valence-corrected chi connectivity index (χ1v) is 7.22. The highest BCUT2D eigenvalue weighted by Crippen LogP contribution is 2.24. The number of benzene rings is 1. The molecule has 1 heterocycles. The molecule has 0 fully saturated rings. The molecular weight excluding hydrogens is 283 g/mol. The van der Waals surface area contributed by atoms with E-state index in [4.69, 9.17) is 5.11 Å². The number of phenols is 1. The Bertz CT molecular complexity index is 640. The standard InChI is InChI=1S/C17H19FN2O2/c1-12(21)5-3-2-4-6-17-19-10-13(11-20-17)15-8-7-14(22)9-16(15)18/h4,6-12,21-22H,2-3,5H2,1H3. The van der Waals surface area contributed by atoms with Crippen molar-refractivity contribution in [3.05, 3.63) is 48.3 Å². The van der Waals surface area contributed by atoms with Crippen LogP contribution in [0.25, 0.3) is 17.2 Å². The van der Waals surface area contributed by atoms with Gasteiger partial charge in [0.2, 0.25) is 0 Å². The highest BCUT2D eigenvalue weighted by molar-refractivity contribution is 5.63. The third-order valence-electron chi connectivity index (χ3n) is 3.20. The van der Waals surface area contributed by atoms with Crippen molar-refractivity contribution in [1.82, 2.24) is 9.97 Å². The fourth-order valence-electron chi connectivity index (χ4n) is 2.02. The summed E-state index contributed by atoms with van der Waals surface area (Å²) in [5.74, 6) is -0.0658. The van der Waals surface area contributed by atoms with E-state index in [9.17, 15) is 9.50 Å². The summed E-state index contributed by atoms with van der Waals surface area (Å²) in [6.45, 7) is 1.77. The Morgan fingerprint density at radius 2 is 2.00 bits per heavy atom. The zero-order chi connectivity index (χ0) is 15.9. The van der Waals surface area contributed by atoms with E-state index in [1.165, 1.54) is 12.1 Å². The summed E-state index contributed by atoms with van der Waals surface area (Å²) >= 11 is 0. The molecule has 0 saturated carbocycles. The largest absolute Gasteiger partial charge is 0.508 e. The topological polar surface area (TPSA) is 66.2 Å². The van der Waals surface area contributed by atoms with Crippen LogP contribution in [0.15, 0.2) is 36.7 Å². The summed E-state index contributed by atoms with van der Waals surface area (Å²) in [6.07, 6.45) is 9.12. The number of rotatable bonds is 6. The number of unbranched alkanes of at least 4 members (excludes halogenated alkanes) is 1. The van der Waals surface area contributed by atoms with Gasteiger partial charge in [0.1, 0.15) is 11.6 Å². The molecule has 0 saturated heterocycles. The van der Waals surface area contributed by atoms with Crippen molar-refractivity contribution in [2.45, 2.75) is 32.3 Å². The second kappa shape index (κ2) is 7.66. The molecule has 5 heteroatoms. The van der Waals surface area contributed by atoms with Gasteiger partial charge in [-0.25, -0.2) is 14.4 Å². The number of halogens is 1. The van der Waals surface area contributed by atoms with Crippen LogP contribution in [-0.4, -0.2) is 26.3 Å². The maximum absolute atomic E-state index is 13.7. The van der Waals surface area contributed by atoms with Gasteiger partial charge in [0, 0.05) is 29.6 Å². The molecule has 0 amide bonds. The number of hydrogen-bond donors (Lipinski definition) is 2. The van der Waals surface area contributed by atoms with Gasteiger partial charge in [0.15, 0.2) is 5.82 Å². The first-order chi connectivity index (χ1) is 10.6. The van der Waals surface area contributed by atoms with Crippen molar-refractivity contribution in [2.24, 2.45) is 0 Å². The minimum atomic E-state index is -0.509. The van der Waals surface area contributed by atoms with Gasteiger partial charge in [0.05, 0.1) is 6.10 Å². The van der Waals surface area contributed by atoms with E-state index in [0.717, 1.165) is 25.3 Å². The average molecular weight is 302 g/mol. The van der Waals surface area contributed by atoms with E-state index in [2.05, 4.69) is 9.97 Å². The van der Waals surface area contributed by atoms with Crippen LogP contribution in [0.4, 0.5) is 4.39 Å². The van der Waals surface area contributed by atoms with Crippen molar-refractivity contribution in [2.75, 3.05) is 0 Å². The molecule has 0 aliphatic carbocycles. The van der Waals surface area contributed by atoms with Gasteiger partial charge in [-0.2, -0.15) is 0 Å². The number of aliphatic hydroxyl groups is 1. The molecule has 1 unspecified atom stereocenters. The first kappa shape index (κ1) is 16.1. The van der Waals surface area contributed by atoms with Gasteiger partial charge in [-0.3, -0.25) is 0 Å².